The standard InChI is InChI=1S/C20H24N4O4/c1-24(2)14-8-6-7-13-18(14)20(23-22-13)21-17(25)11-12-9-15(26-3)19(28-5)16(10-12)27-4/h6-10H,11H2,1-5H3,(H2,21,22,23,25). The van der Waals surface area contributed by atoms with Crippen LogP contribution in [0.25, 0.3) is 10.9 Å². The molecule has 8 heteroatoms. The van der Waals surface area contributed by atoms with E-state index >= 15 is 0 Å². The number of amides is 1. The summed E-state index contributed by atoms with van der Waals surface area (Å²) < 4.78 is 16.0. The van der Waals surface area contributed by atoms with Crippen molar-refractivity contribution in [2.75, 3.05) is 45.6 Å². The highest BCUT2D eigenvalue weighted by atomic mass is 16.5. The first kappa shape index (κ1) is 19.3. The van der Waals surface area contributed by atoms with Gasteiger partial charge in [0.05, 0.1) is 38.7 Å². The molecule has 2 aromatic carbocycles. The van der Waals surface area contributed by atoms with E-state index in [0.29, 0.717) is 23.1 Å². The van der Waals surface area contributed by atoms with Crippen LogP contribution in [0.2, 0.25) is 0 Å². The molecule has 0 fully saturated rings. The number of nitrogens with one attached hydrogen (secondary N) is 2. The molecule has 0 saturated carbocycles. The lowest BCUT2D eigenvalue weighted by Crippen LogP contribution is -2.16. The summed E-state index contributed by atoms with van der Waals surface area (Å²) in [6, 6.07) is 9.36. The van der Waals surface area contributed by atoms with Crippen molar-refractivity contribution in [3.05, 3.63) is 35.9 Å². The highest BCUT2D eigenvalue weighted by molar-refractivity contribution is 6.06. The first-order chi connectivity index (χ1) is 13.5. The van der Waals surface area contributed by atoms with Crippen LogP contribution in [0.4, 0.5) is 11.5 Å². The van der Waals surface area contributed by atoms with Gasteiger partial charge in [-0.1, -0.05) is 6.07 Å². The monoisotopic (exact) mass is 384 g/mol. The van der Waals surface area contributed by atoms with E-state index in [4.69, 9.17) is 14.2 Å². The van der Waals surface area contributed by atoms with Crippen LogP contribution in [0.15, 0.2) is 30.3 Å². The summed E-state index contributed by atoms with van der Waals surface area (Å²) in [4.78, 5) is 14.6. The van der Waals surface area contributed by atoms with Crippen molar-refractivity contribution in [1.82, 2.24) is 10.2 Å². The maximum Gasteiger partial charge on any atom is 0.230 e. The fraction of sp³-hybridized carbons (Fsp3) is 0.300. The van der Waals surface area contributed by atoms with Gasteiger partial charge in [-0.2, -0.15) is 5.10 Å². The van der Waals surface area contributed by atoms with Gasteiger partial charge in [-0.3, -0.25) is 9.89 Å². The first-order valence-electron chi connectivity index (χ1n) is 8.71. The Bertz CT molecular complexity index is 972. The fourth-order valence-electron chi connectivity index (χ4n) is 3.12. The Kier molecular flexibility index (Phi) is 5.58. The molecule has 1 amide bonds. The molecule has 0 aliphatic rings. The predicted molar refractivity (Wildman–Crippen MR) is 109 cm³/mol. The van der Waals surface area contributed by atoms with Crippen LogP contribution in [-0.2, 0) is 11.2 Å². The summed E-state index contributed by atoms with van der Waals surface area (Å²) in [5.41, 5.74) is 2.56. The van der Waals surface area contributed by atoms with Gasteiger partial charge in [-0.15, -0.1) is 0 Å². The van der Waals surface area contributed by atoms with Crippen molar-refractivity contribution < 1.29 is 19.0 Å². The topological polar surface area (TPSA) is 88.7 Å². The molecule has 3 aromatic rings. The average molecular weight is 384 g/mol. The number of benzene rings is 2. The Morgan fingerprint density at radius 3 is 2.36 bits per heavy atom. The second kappa shape index (κ2) is 8.08. The van der Waals surface area contributed by atoms with Gasteiger partial charge in [0.1, 0.15) is 0 Å². The molecule has 0 spiro atoms. The van der Waals surface area contributed by atoms with Crippen molar-refractivity contribution in [2.24, 2.45) is 0 Å². The number of nitrogens with zero attached hydrogens (tertiary/aromatic N) is 2. The zero-order chi connectivity index (χ0) is 20.3. The van der Waals surface area contributed by atoms with Crippen LogP contribution in [0.3, 0.4) is 0 Å². The van der Waals surface area contributed by atoms with E-state index in [1.54, 1.807) is 26.4 Å². The minimum absolute atomic E-state index is 0.134. The molecule has 1 aromatic heterocycles. The molecular formula is C20H24N4O4. The normalized spacial score (nSPS) is 10.6. The third kappa shape index (κ3) is 3.66. The summed E-state index contributed by atoms with van der Waals surface area (Å²) in [6.45, 7) is 0. The van der Waals surface area contributed by atoms with Gasteiger partial charge >= 0.3 is 0 Å². The lowest BCUT2D eigenvalue weighted by Gasteiger charge is -2.15. The Labute approximate surface area is 163 Å². The van der Waals surface area contributed by atoms with Crippen molar-refractivity contribution in [2.45, 2.75) is 6.42 Å². The third-order valence-corrected chi connectivity index (χ3v) is 4.40. The number of hydrogen-bond acceptors (Lipinski definition) is 6. The molecule has 1 heterocycles. The number of carbonyl (C=O) groups is 1. The molecule has 0 bridgehead atoms. The number of anilines is 2. The second-order valence-electron chi connectivity index (χ2n) is 6.42. The van der Waals surface area contributed by atoms with Crippen LogP contribution < -0.4 is 24.4 Å². The predicted octanol–water partition coefficient (Wildman–Crippen LogP) is 2.84. The van der Waals surface area contributed by atoms with Gasteiger partial charge in [0.2, 0.25) is 11.7 Å². The number of aromatic nitrogens is 2. The Balaban J connectivity index is 1.86. The number of fused-ring (bicyclic) bond motifs is 1. The summed E-state index contributed by atoms with van der Waals surface area (Å²) >= 11 is 0. The number of rotatable bonds is 7. The Hall–Kier alpha value is -3.42. The van der Waals surface area contributed by atoms with Crippen LogP contribution in [0, 0.1) is 0 Å². The SMILES string of the molecule is COc1cc(CC(=O)Nc2n[nH]c3cccc(N(C)C)c23)cc(OC)c1OC. The number of ether oxygens (including phenoxy) is 3. The van der Waals surface area contributed by atoms with E-state index in [9.17, 15) is 4.79 Å². The van der Waals surface area contributed by atoms with Crippen molar-refractivity contribution >= 4 is 28.3 Å². The Morgan fingerprint density at radius 2 is 1.79 bits per heavy atom. The highest BCUT2D eigenvalue weighted by Crippen LogP contribution is 2.38. The zero-order valence-electron chi connectivity index (χ0n) is 16.6. The molecule has 28 heavy (non-hydrogen) atoms. The van der Waals surface area contributed by atoms with E-state index < -0.39 is 0 Å². The van der Waals surface area contributed by atoms with E-state index in [0.717, 1.165) is 22.2 Å². The molecular weight excluding hydrogens is 360 g/mol. The van der Waals surface area contributed by atoms with Crippen LogP contribution in [0.1, 0.15) is 5.56 Å². The minimum atomic E-state index is -0.198. The largest absolute Gasteiger partial charge is 0.493 e. The Morgan fingerprint density at radius 1 is 1.11 bits per heavy atom. The van der Waals surface area contributed by atoms with Crippen molar-refractivity contribution in [1.29, 1.82) is 0 Å². The molecule has 0 atom stereocenters. The summed E-state index contributed by atoms with van der Waals surface area (Å²) in [6.07, 6.45) is 0.134. The quantitative estimate of drug-likeness (QED) is 0.651. The molecule has 0 radical (unpaired) electrons. The number of hydrogen-bond donors (Lipinski definition) is 2. The van der Waals surface area contributed by atoms with E-state index in [1.807, 2.05) is 37.2 Å². The van der Waals surface area contributed by atoms with Gasteiger partial charge < -0.3 is 24.4 Å². The van der Waals surface area contributed by atoms with Crippen molar-refractivity contribution in [3.63, 3.8) is 0 Å². The maximum absolute atomic E-state index is 12.7. The van der Waals surface area contributed by atoms with Crippen LogP contribution >= 0.6 is 0 Å². The molecule has 3 rings (SSSR count). The zero-order valence-corrected chi connectivity index (χ0v) is 16.6. The molecule has 8 nitrogen and oxygen atoms in total. The van der Waals surface area contributed by atoms with Crippen molar-refractivity contribution in [3.8, 4) is 17.2 Å². The smallest absolute Gasteiger partial charge is 0.230 e. The number of carbonyl (C=O) groups excluding carboxylic acids is 1. The maximum atomic E-state index is 12.7. The molecule has 0 aliphatic heterocycles. The highest BCUT2D eigenvalue weighted by Gasteiger charge is 2.17. The lowest BCUT2D eigenvalue weighted by molar-refractivity contribution is -0.115. The summed E-state index contributed by atoms with van der Waals surface area (Å²) in [5.74, 6) is 1.80. The van der Waals surface area contributed by atoms with Gasteiger partial charge in [0, 0.05) is 19.8 Å². The van der Waals surface area contributed by atoms with E-state index in [1.165, 1.54) is 7.11 Å². The number of aromatic amines is 1. The molecule has 148 valence electrons. The van der Waals surface area contributed by atoms with Gasteiger partial charge in [0.15, 0.2) is 17.3 Å². The van der Waals surface area contributed by atoms with Gasteiger partial charge in [-0.05, 0) is 29.8 Å². The molecule has 2 N–H and O–H groups in total. The summed E-state index contributed by atoms with van der Waals surface area (Å²) in [5, 5.41) is 11.0. The van der Waals surface area contributed by atoms with Gasteiger partial charge in [0.25, 0.3) is 0 Å². The number of H-pyrrole nitrogens is 1. The van der Waals surface area contributed by atoms with Crippen LogP contribution in [0.5, 0.6) is 17.2 Å². The fourth-order valence-corrected chi connectivity index (χ4v) is 3.12. The third-order valence-electron chi connectivity index (χ3n) is 4.40. The average Bonchev–Trinajstić information content (AvgIpc) is 3.09. The van der Waals surface area contributed by atoms with Gasteiger partial charge in [-0.25, -0.2) is 0 Å². The first-order valence-corrected chi connectivity index (χ1v) is 8.71. The van der Waals surface area contributed by atoms with E-state index in [-0.39, 0.29) is 12.3 Å². The lowest BCUT2D eigenvalue weighted by atomic mass is 10.1. The van der Waals surface area contributed by atoms with E-state index in [2.05, 4.69) is 15.5 Å². The molecule has 0 unspecified atom stereocenters. The molecule has 0 aliphatic carbocycles. The summed E-state index contributed by atoms with van der Waals surface area (Å²) in [7, 11) is 8.52. The second-order valence-corrected chi connectivity index (χ2v) is 6.42. The number of methoxy groups -OCH3 is 3. The minimum Gasteiger partial charge on any atom is -0.493 e. The molecule has 0 saturated heterocycles. The van der Waals surface area contributed by atoms with Crippen LogP contribution in [-0.4, -0.2) is 51.5 Å².